The Morgan fingerprint density at radius 1 is 1.31 bits per heavy atom. The van der Waals surface area contributed by atoms with Gasteiger partial charge in [0.15, 0.2) is 5.37 Å². The zero-order valence-corrected chi connectivity index (χ0v) is 9.66. The van der Waals surface area contributed by atoms with Crippen LogP contribution in [0.25, 0.3) is 0 Å². The molecule has 1 aromatic rings. The van der Waals surface area contributed by atoms with E-state index in [1.165, 1.54) is 4.90 Å². The molecule has 1 heterocycles. The first-order valence-electron chi connectivity index (χ1n) is 5.06. The Bertz CT molecular complexity index is 408. The molecule has 0 aromatic heterocycles. The highest BCUT2D eigenvalue weighted by atomic mass is 32.2. The molecule has 4 nitrogen and oxygen atoms in total. The third-order valence-corrected chi connectivity index (χ3v) is 3.29. The summed E-state index contributed by atoms with van der Waals surface area (Å²) in [7, 11) is 0. The number of carbonyl (C=O) groups is 2. The van der Waals surface area contributed by atoms with Crippen LogP contribution in [0.3, 0.4) is 0 Å². The van der Waals surface area contributed by atoms with E-state index < -0.39 is 5.37 Å². The lowest BCUT2D eigenvalue weighted by Gasteiger charge is -2.12. The number of nitrogens with zero attached hydrogens (tertiary/aromatic N) is 1. The van der Waals surface area contributed by atoms with Crippen molar-refractivity contribution in [1.82, 2.24) is 4.90 Å². The third kappa shape index (κ3) is 2.04. The molecular weight excluding hydrogens is 224 g/mol. The van der Waals surface area contributed by atoms with Crippen molar-refractivity contribution in [3.8, 4) is 0 Å². The zero-order valence-electron chi connectivity index (χ0n) is 8.84. The summed E-state index contributed by atoms with van der Waals surface area (Å²) in [5.74, 6) is -0.165. The average Bonchev–Trinajstić information content (AvgIpc) is 2.55. The number of amides is 2. The van der Waals surface area contributed by atoms with Crippen LogP contribution in [0.1, 0.15) is 6.92 Å². The number of hydrogen-bond acceptors (Lipinski definition) is 4. The normalized spacial score (nSPS) is 20.3. The van der Waals surface area contributed by atoms with Gasteiger partial charge in [-0.1, -0.05) is 18.2 Å². The summed E-state index contributed by atoms with van der Waals surface area (Å²) < 4.78 is 0. The molecule has 1 fully saturated rings. The van der Waals surface area contributed by atoms with Gasteiger partial charge in [0.25, 0.3) is 11.1 Å². The van der Waals surface area contributed by atoms with Crippen molar-refractivity contribution in [1.29, 1.82) is 0 Å². The Morgan fingerprint density at radius 2 is 2.00 bits per heavy atom. The van der Waals surface area contributed by atoms with Crippen LogP contribution in [0.2, 0.25) is 0 Å². The van der Waals surface area contributed by atoms with Crippen molar-refractivity contribution in [2.24, 2.45) is 0 Å². The Labute approximate surface area is 98.0 Å². The van der Waals surface area contributed by atoms with E-state index in [0.717, 1.165) is 17.4 Å². The third-order valence-electron chi connectivity index (χ3n) is 2.32. The van der Waals surface area contributed by atoms with Crippen molar-refractivity contribution in [3.05, 3.63) is 30.3 Å². The first kappa shape index (κ1) is 11.0. The van der Waals surface area contributed by atoms with Crippen LogP contribution in [0.4, 0.5) is 10.5 Å². The molecule has 5 heteroatoms. The van der Waals surface area contributed by atoms with Gasteiger partial charge in [0, 0.05) is 12.2 Å². The summed E-state index contributed by atoms with van der Waals surface area (Å²) in [5, 5.41) is 2.37. The minimum atomic E-state index is -0.491. The fourth-order valence-electron chi connectivity index (χ4n) is 1.51. The van der Waals surface area contributed by atoms with Crippen LogP contribution in [-0.2, 0) is 4.79 Å². The van der Waals surface area contributed by atoms with E-state index in [0.29, 0.717) is 6.54 Å². The van der Waals surface area contributed by atoms with Gasteiger partial charge < -0.3 is 5.32 Å². The average molecular weight is 236 g/mol. The van der Waals surface area contributed by atoms with Crippen molar-refractivity contribution < 1.29 is 9.59 Å². The Kier molecular flexibility index (Phi) is 3.14. The smallest absolute Gasteiger partial charge is 0.290 e. The van der Waals surface area contributed by atoms with Gasteiger partial charge in [-0.2, -0.15) is 0 Å². The van der Waals surface area contributed by atoms with Crippen molar-refractivity contribution in [2.45, 2.75) is 12.3 Å². The SMILES string of the molecule is CCN1C(=O)S[C@H](Nc2ccccc2)C1=O. The molecule has 1 aliphatic heterocycles. The maximum atomic E-state index is 11.8. The van der Waals surface area contributed by atoms with Crippen molar-refractivity contribution in [3.63, 3.8) is 0 Å². The van der Waals surface area contributed by atoms with E-state index in [2.05, 4.69) is 5.32 Å². The molecule has 1 aliphatic rings. The fourth-order valence-corrected chi connectivity index (χ4v) is 2.48. The summed E-state index contributed by atoms with van der Waals surface area (Å²) in [4.78, 5) is 24.5. The number of carbonyl (C=O) groups excluding carboxylic acids is 2. The number of thioether (sulfide) groups is 1. The number of likely N-dealkylation sites (N-methyl/N-ethyl adjacent to an activating group) is 1. The van der Waals surface area contributed by atoms with Gasteiger partial charge in [0.05, 0.1) is 0 Å². The van der Waals surface area contributed by atoms with Crippen LogP contribution in [0.5, 0.6) is 0 Å². The largest absolute Gasteiger partial charge is 0.365 e. The second-order valence-electron chi connectivity index (χ2n) is 3.36. The molecule has 1 aromatic carbocycles. The molecule has 2 amide bonds. The molecule has 0 radical (unpaired) electrons. The minimum Gasteiger partial charge on any atom is -0.365 e. The molecule has 2 rings (SSSR count). The van der Waals surface area contributed by atoms with Gasteiger partial charge in [-0.05, 0) is 30.8 Å². The monoisotopic (exact) mass is 236 g/mol. The number of imide groups is 1. The number of benzene rings is 1. The van der Waals surface area contributed by atoms with Gasteiger partial charge in [-0.3, -0.25) is 14.5 Å². The summed E-state index contributed by atoms with van der Waals surface area (Å²) in [6, 6.07) is 9.40. The molecule has 1 atom stereocenters. The van der Waals surface area contributed by atoms with E-state index in [9.17, 15) is 9.59 Å². The number of nitrogens with one attached hydrogen (secondary N) is 1. The van der Waals surface area contributed by atoms with Crippen LogP contribution < -0.4 is 5.32 Å². The minimum absolute atomic E-state index is 0.165. The van der Waals surface area contributed by atoms with E-state index in [-0.39, 0.29) is 11.1 Å². The quantitative estimate of drug-likeness (QED) is 0.873. The first-order valence-corrected chi connectivity index (χ1v) is 5.94. The van der Waals surface area contributed by atoms with Crippen LogP contribution in [-0.4, -0.2) is 28.0 Å². The van der Waals surface area contributed by atoms with Crippen molar-refractivity contribution in [2.75, 3.05) is 11.9 Å². The predicted molar refractivity (Wildman–Crippen MR) is 64.2 cm³/mol. The van der Waals surface area contributed by atoms with E-state index in [1.54, 1.807) is 6.92 Å². The molecule has 16 heavy (non-hydrogen) atoms. The van der Waals surface area contributed by atoms with E-state index >= 15 is 0 Å². The molecule has 0 bridgehead atoms. The van der Waals surface area contributed by atoms with Gasteiger partial charge in [-0.25, -0.2) is 0 Å². The lowest BCUT2D eigenvalue weighted by atomic mass is 10.3. The molecule has 1 saturated heterocycles. The molecule has 0 spiro atoms. The molecule has 0 unspecified atom stereocenters. The maximum Gasteiger partial charge on any atom is 0.290 e. The van der Waals surface area contributed by atoms with Gasteiger partial charge in [0.1, 0.15) is 0 Å². The van der Waals surface area contributed by atoms with Gasteiger partial charge >= 0.3 is 0 Å². The van der Waals surface area contributed by atoms with Crippen LogP contribution >= 0.6 is 11.8 Å². The van der Waals surface area contributed by atoms with Gasteiger partial charge in [0.2, 0.25) is 0 Å². The molecule has 0 saturated carbocycles. The van der Waals surface area contributed by atoms with Crippen LogP contribution in [0, 0.1) is 0 Å². The highest BCUT2D eigenvalue weighted by Gasteiger charge is 2.38. The van der Waals surface area contributed by atoms with Crippen LogP contribution in [0.15, 0.2) is 30.3 Å². The molecule has 0 aliphatic carbocycles. The van der Waals surface area contributed by atoms with Crippen molar-refractivity contribution >= 4 is 28.6 Å². The fraction of sp³-hybridized carbons (Fsp3) is 0.273. The first-order chi connectivity index (χ1) is 7.72. The molecule has 84 valence electrons. The standard InChI is InChI=1S/C11H12N2O2S/c1-2-13-10(14)9(16-11(13)15)12-8-6-4-3-5-7-8/h3-7,9,12H,2H2,1H3/t9-/m0/s1. The number of rotatable bonds is 3. The number of hydrogen-bond donors (Lipinski definition) is 1. The summed E-state index contributed by atoms with van der Waals surface area (Å²) in [6.45, 7) is 2.22. The lowest BCUT2D eigenvalue weighted by molar-refractivity contribution is -0.126. The Balaban J connectivity index is 2.08. The topological polar surface area (TPSA) is 49.4 Å². The lowest BCUT2D eigenvalue weighted by Crippen LogP contribution is -2.34. The highest BCUT2D eigenvalue weighted by Crippen LogP contribution is 2.27. The number of para-hydroxylation sites is 1. The van der Waals surface area contributed by atoms with Gasteiger partial charge in [-0.15, -0.1) is 0 Å². The Morgan fingerprint density at radius 3 is 2.56 bits per heavy atom. The molecule has 1 N–H and O–H groups in total. The zero-order chi connectivity index (χ0) is 11.5. The van der Waals surface area contributed by atoms with E-state index in [1.807, 2.05) is 30.3 Å². The second kappa shape index (κ2) is 4.57. The second-order valence-corrected chi connectivity index (χ2v) is 4.41. The number of anilines is 1. The summed E-state index contributed by atoms with van der Waals surface area (Å²) in [5.41, 5.74) is 0.846. The molecular formula is C11H12N2O2S. The van der Waals surface area contributed by atoms with E-state index in [4.69, 9.17) is 0 Å². The summed E-state index contributed by atoms with van der Waals surface area (Å²) in [6.07, 6.45) is 0. The highest BCUT2D eigenvalue weighted by molar-refractivity contribution is 8.15. The maximum absolute atomic E-state index is 11.8. The predicted octanol–water partition coefficient (Wildman–Crippen LogP) is 2.14. The summed E-state index contributed by atoms with van der Waals surface area (Å²) >= 11 is 1.03. The Hall–Kier alpha value is -1.49.